The van der Waals surface area contributed by atoms with Gasteiger partial charge in [-0.05, 0) is 146 Å². The van der Waals surface area contributed by atoms with Crippen LogP contribution in [0.1, 0.15) is 106 Å². The van der Waals surface area contributed by atoms with Gasteiger partial charge in [-0.2, -0.15) is 26.3 Å². The number of rotatable bonds is 14. The van der Waals surface area contributed by atoms with E-state index in [1.54, 1.807) is 36.4 Å². The third-order valence-corrected chi connectivity index (χ3v) is 17.0. The summed E-state index contributed by atoms with van der Waals surface area (Å²) >= 11 is 0. The lowest BCUT2D eigenvalue weighted by molar-refractivity contribution is -0.224. The van der Waals surface area contributed by atoms with E-state index in [-0.39, 0.29) is 47.1 Å². The number of benzene rings is 8. The van der Waals surface area contributed by atoms with E-state index in [1.807, 2.05) is 19.1 Å². The van der Waals surface area contributed by atoms with Gasteiger partial charge in [0.2, 0.25) is 0 Å². The van der Waals surface area contributed by atoms with Gasteiger partial charge in [0.15, 0.2) is 52.4 Å². The van der Waals surface area contributed by atoms with Crippen molar-refractivity contribution in [3.63, 3.8) is 0 Å². The summed E-state index contributed by atoms with van der Waals surface area (Å²) in [6, 6.07) is 21.5. The van der Waals surface area contributed by atoms with Crippen molar-refractivity contribution >= 4 is 0 Å². The molecule has 95 heavy (non-hydrogen) atoms. The maximum atomic E-state index is 14.8. The van der Waals surface area contributed by atoms with Gasteiger partial charge >= 0.3 is 18.3 Å². The molecule has 8 aromatic rings. The predicted octanol–water partition coefficient (Wildman–Crippen LogP) is 22.7. The molecule has 1 heterocycles. The summed E-state index contributed by atoms with van der Waals surface area (Å²) in [5.41, 5.74) is -0.794. The number of ether oxygens (including phenoxy) is 4. The van der Waals surface area contributed by atoms with Crippen molar-refractivity contribution in [2.24, 2.45) is 29.6 Å². The van der Waals surface area contributed by atoms with E-state index in [4.69, 9.17) is 4.74 Å². The van der Waals surface area contributed by atoms with Crippen LogP contribution in [-0.4, -0.2) is 12.7 Å². The summed E-state index contributed by atoms with van der Waals surface area (Å²) in [5, 5.41) is 0. The van der Waals surface area contributed by atoms with E-state index in [9.17, 15) is 87.8 Å². The summed E-state index contributed by atoms with van der Waals surface area (Å²) in [6.07, 6.45) is -4.23. The molecule has 2 unspecified atom stereocenters. The Hall–Kier alpha value is -8.28. The van der Waals surface area contributed by atoms with Gasteiger partial charge in [0.25, 0.3) is 0 Å². The first-order chi connectivity index (χ1) is 44.8. The Morgan fingerprint density at radius 1 is 0.347 bits per heavy atom. The van der Waals surface area contributed by atoms with Crippen LogP contribution < -0.4 is 14.2 Å². The average Bonchev–Trinajstić information content (AvgIpc) is 0.799. The minimum atomic E-state index is -4.74. The van der Waals surface area contributed by atoms with Crippen LogP contribution in [0.25, 0.3) is 33.4 Å². The molecule has 1 aliphatic heterocycles. The molecule has 2 saturated carbocycles. The van der Waals surface area contributed by atoms with Crippen LogP contribution in [0.3, 0.4) is 0 Å². The molecule has 0 amide bonds. The Kier molecular flexibility index (Phi) is 22.0. The molecule has 0 aromatic heterocycles. The predicted molar refractivity (Wildman–Crippen MR) is 311 cm³/mol. The molecule has 2 atom stereocenters. The van der Waals surface area contributed by atoms with Crippen LogP contribution in [0.4, 0.5) is 87.8 Å². The van der Waals surface area contributed by atoms with Gasteiger partial charge in [0.1, 0.15) is 57.5 Å². The molecule has 3 fully saturated rings. The molecular formula is C71H58F20O4. The quantitative estimate of drug-likeness (QED) is 0.0803. The van der Waals surface area contributed by atoms with Crippen LogP contribution in [0.2, 0.25) is 0 Å². The van der Waals surface area contributed by atoms with Crippen molar-refractivity contribution in [1.29, 1.82) is 0 Å². The maximum absolute atomic E-state index is 14.8. The lowest BCUT2D eigenvalue weighted by Gasteiger charge is -2.38. The molecule has 0 radical (unpaired) electrons. The number of hydrogen-bond donors (Lipinski definition) is 0. The van der Waals surface area contributed by atoms with E-state index in [2.05, 4.69) is 28.1 Å². The Morgan fingerprint density at radius 3 is 1.12 bits per heavy atom. The van der Waals surface area contributed by atoms with E-state index in [0.29, 0.717) is 90.3 Å². The first kappa shape index (κ1) is 71.0. The van der Waals surface area contributed by atoms with Crippen molar-refractivity contribution in [2.45, 2.75) is 109 Å². The van der Waals surface area contributed by atoms with Crippen molar-refractivity contribution in [1.82, 2.24) is 0 Å². The molecule has 1 saturated heterocycles. The standard InChI is InChI=1S/C26H14F8O.C25H19F7O2.C20H25F5O/c1-13-2-4-14(5-3-13)15-6-7-18(19(27)8-15)16-9-20(28)24(21(29)10-16)26(33,34)35-17-11-22(30)25(32)23(31)12-17;1-13-2-7-22(33-12-13)15-5-3-14(4-6-15)16-8-18(26)23(19(27)9-16)25(31,32)34-17-10-20(28)24(30)21(29)11-17;1-12-2-4-13(5-3-12)14-6-8-15(9-7-14)20(24,25)26-16-10-17(21)19(23)18(22)11-16/h2-12H,1H3;3-6,8-11,13,22H,2,7,12H2,1H3;10-15H,2-9H2,1H3. The Balaban J connectivity index is 0.000000170. The zero-order valence-electron chi connectivity index (χ0n) is 50.6. The molecule has 2 aliphatic carbocycles. The van der Waals surface area contributed by atoms with Crippen LogP contribution in [0.15, 0.2) is 127 Å². The minimum Gasteiger partial charge on any atom is -0.432 e. The highest BCUT2D eigenvalue weighted by Gasteiger charge is 2.46. The monoisotopic (exact) mass is 1350 g/mol. The smallest absolute Gasteiger partial charge is 0.432 e. The van der Waals surface area contributed by atoms with Gasteiger partial charge in [0.05, 0.1) is 12.0 Å². The number of alkyl halides is 6. The second kappa shape index (κ2) is 29.4. The normalized spacial score (nSPS) is 19.2. The van der Waals surface area contributed by atoms with Gasteiger partial charge in [-0.1, -0.05) is 92.9 Å². The molecular weight excluding hydrogens is 1300 g/mol. The van der Waals surface area contributed by atoms with Crippen molar-refractivity contribution in [3.8, 4) is 50.6 Å². The highest BCUT2D eigenvalue weighted by molar-refractivity contribution is 5.72. The van der Waals surface area contributed by atoms with E-state index in [0.717, 1.165) is 48.8 Å². The Labute approximate surface area is 532 Å². The summed E-state index contributed by atoms with van der Waals surface area (Å²) in [4.78, 5) is 0. The summed E-state index contributed by atoms with van der Waals surface area (Å²) < 4.78 is 297. The molecule has 0 bridgehead atoms. The third-order valence-electron chi connectivity index (χ3n) is 17.0. The van der Waals surface area contributed by atoms with Crippen LogP contribution in [-0.2, 0) is 17.0 Å². The highest BCUT2D eigenvalue weighted by Crippen LogP contribution is 2.47. The zero-order valence-corrected chi connectivity index (χ0v) is 50.6. The van der Waals surface area contributed by atoms with Gasteiger partial charge in [-0.3, -0.25) is 0 Å². The number of hydrogen-bond acceptors (Lipinski definition) is 4. The van der Waals surface area contributed by atoms with Crippen molar-refractivity contribution in [2.75, 3.05) is 6.61 Å². The third kappa shape index (κ3) is 17.0. The molecule has 24 heteroatoms. The van der Waals surface area contributed by atoms with Crippen LogP contribution in [0.5, 0.6) is 17.2 Å². The SMILES string of the molecule is CC1CCC(C2CCC(C(F)(F)Oc3cc(F)c(F)c(F)c3)CC2)CC1.CC1CCC(c2ccc(-c3cc(F)c(C(F)(F)Oc4cc(F)c(F)c(F)c4)c(F)c3)cc2)OC1.Cc1ccc(-c2ccc(-c3cc(F)c(C(F)(F)Oc4cc(F)c(F)c(F)c4)c(F)c3)c(F)c2)cc1. The molecule has 4 nitrogen and oxygen atoms in total. The lowest BCUT2D eigenvalue weighted by Crippen LogP contribution is -2.38. The van der Waals surface area contributed by atoms with Crippen LogP contribution in [0, 0.1) is 118 Å². The van der Waals surface area contributed by atoms with Gasteiger partial charge in [-0.15, -0.1) is 0 Å². The van der Waals surface area contributed by atoms with Crippen LogP contribution >= 0.6 is 0 Å². The molecule has 3 aliphatic rings. The maximum Gasteiger partial charge on any atom is 0.432 e. The first-order valence-corrected chi connectivity index (χ1v) is 30.0. The van der Waals surface area contributed by atoms with Gasteiger partial charge < -0.3 is 18.9 Å². The highest BCUT2D eigenvalue weighted by atomic mass is 19.3. The first-order valence-electron chi connectivity index (χ1n) is 30.0. The average molecular weight is 1360 g/mol. The molecule has 506 valence electrons. The second-order valence-electron chi connectivity index (χ2n) is 24.0. The topological polar surface area (TPSA) is 36.9 Å². The molecule has 11 rings (SSSR count). The van der Waals surface area contributed by atoms with E-state index < -0.39 is 134 Å². The lowest BCUT2D eigenvalue weighted by atomic mass is 9.69. The molecule has 0 N–H and O–H groups in total. The largest absolute Gasteiger partial charge is 0.432 e. The van der Waals surface area contributed by atoms with Crippen molar-refractivity contribution in [3.05, 3.63) is 231 Å². The number of aryl methyl sites for hydroxylation is 1. The van der Waals surface area contributed by atoms with Gasteiger partial charge in [0, 0.05) is 48.6 Å². The summed E-state index contributed by atoms with van der Waals surface area (Å²) in [7, 11) is 0. The molecule has 0 spiro atoms. The van der Waals surface area contributed by atoms with Gasteiger partial charge in [-0.25, -0.2) is 61.5 Å². The fourth-order valence-electron chi connectivity index (χ4n) is 11.8. The summed E-state index contributed by atoms with van der Waals surface area (Å²) in [5.74, 6) is -25.2. The minimum absolute atomic E-state index is 0.00171. The molecule has 8 aromatic carbocycles. The summed E-state index contributed by atoms with van der Waals surface area (Å²) in [6.45, 7) is 6.87. The number of halogens is 20. The zero-order chi connectivity index (χ0) is 69.0. The Bertz CT molecular complexity index is 3890. The van der Waals surface area contributed by atoms with E-state index in [1.165, 1.54) is 37.8 Å². The fourth-order valence-corrected chi connectivity index (χ4v) is 11.8. The second-order valence-corrected chi connectivity index (χ2v) is 24.0. The van der Waals surface area contributed by atoms with Crippen molar-refractivity contribution < 1.29 is 107 Å². The Morgan fingerprint density at radius 2 is 0.705 bits per heavy atom. The van der Waals surface area contributed by atoms with E-state index >= 15 is 0 Å². The fraction of sp³-hybridized carbons (Fsp3) is 0.324.